The highest BCUT2D eigenvalue weighted by Gasteiger charge is 2.41. The summed E-state index contributed by atoms with van der Waals surface area (Å²) < 4.78 is 39.9. The third kappa shape index (κ3) is 8.87. The summed E-state index contributed by atoms with van der Waals surface area (Å²) in [5.74, 6) is -4.53. The lowest BCUT2D eigenvalue weighted by Gasteiger charge is -2.38. The molecule has 2 aromatic rings. The van der Waals surface area contributed by atoms with E-state index in [4.69, 9.17) is 9.47 Å². The molecule has 2 fully saturated rings. The number of piperazine rings is 1. The number of ether oxygens (including phenoxy) is 3. The van der Waals surface area contributed by atoms with E-state index in [1.54, 1.807) is 31.2 Å². The maximum Gasteiger partial charge on any atom is 0.409 e. The number of sulfone groups is 1. The van der Waals surface area contributed by atoms with E-state index in [0.717, 1.165) is 7.11 Å². The summed E-state index contributed by atoms with van der Waals surface area (Å²) in [4.78, 5) is 83.0. The van der Waals surface area contributed by atoms with Crippen molar-refractivity contribution in [2.24, 2.45) is 0 Å². The number of amides is 4. The molecule has 1 aromatic heterocycles. The van der Waals surface area contributed by atoms with E-state index in [9.17, 15) is 42.3 Å². The molecule has 2 saturated heterocycles. The van der Waals surface area contributed by atoms with Gasteiger partial charge in [0, 0.05) is 57.1 Å². The SMILES string of the molecule is CCOC(=O)N1CCN(C(=O)C(CCC(=O)O)NC(=O)c2cc(OCC(=O)N3CC(S(=O)(=O)CC(=O)OC)C3)c3ccccc3n2)CC1. The summed E-state index contributed by atoms with van der Waals surface area (Å²) in [5.41, 5.74) is 0.184. The first-order valence-electron chi connectivity index (χ1n) is 15.1. The van der Waals surface area contributed by atoms with Crippen molar-refractivity contribution in [1.82, 2.24) is 25.0 Å². The summed E-state index contributed by atoms with van der Waals surface area (Å²) in [6.07, 6.45) is -1.10. The first-order valence-corrected chi connectivity index (χ1v) is 16.9. The minimum Gasteiger partial charge on any atom is -0.483 e. The number of aromatic nitrogens is 1. The van der Waals surface area contributed by atoms with E-state index in [1.165, 1.54) is 20.8 Å². The monoisotopic (exact) mass is 691 g/mol. The molecule has 0 spiro atoms. The molecule has 0 radical (unpaired) electrons. The summed E-state index contributed by atoms with van der Waals surface area (Å²) in [7, 11) is -2.71. The van der Waals surface area contributed by atoms with Crippen LogP contribution in [0.5, 0.6) is 5.75 Å². The number of nitrogens with one attached hydrogen (secondary N) is 1. The van der Waals surface area contributed by atoms with Crippen molar-refractivity contribution in [2.45, 2.75) is 31.1 Å². The van der Waals surface area contributed by atoms with Crippen molar-refractivity contribution in [3.63, 3.8) is 0 Å². The van der Waals surface area contributed by atoms with Crippen LogP contribution in [0.15, 0.2) is 30.3 Å². The van der Waals surface area contributed by atoms with Gasteiger partial charge in [-0.3, -0.25) is 24.0 Å². The highest BCUT2D eigenvalue weighted by atomic mass is 32.2. The molecule has 2 N–H and O–H groups in total. The molecule has 1 atom stereocenters. The number of fused-ring (bicyclic) bond motifs is 1. The number of carbonyl (C=O) groups excluding carboxylic acids is 5. The number of likely N-dealkylation sites (tertiary alicyclic amines) is 1. The molecule has 0 aliphatic carbocycles. The summed E-state index contributed by atoms with van der Waals surface area (Å²) in [6.45, 7) is 1.90. The number of rotatable bonds is 13. The Morgan fingerprint density at radius 1 is 1.02 bits per heavy atom. The molecule has 3 heterocycles. The fourth-order valence-electron chi connectivity index (χ4n) is 5.12. The van der Waals surface area contributed by atoms with Gasteiger partial charge in [0.2, 0.25) is 5.91 Å². The first-order chi connectivity index (χ1) is 22.8. The van der Waals surface area contributed by atoms with Crippen LogP contribution in [-0.2, 0) is 38.5 Å². The van der Waals surface area contributed by atoms with Crippen LogP contribution in [0.25, 0.3) is 10.9 Å². The van der Waals surface area contributed by atoms with Gasteiger partial charge >= 0.3 is 18.0 Å². The van der Waals surface area contributed by atoms with Gasteiger partial charge in [-0.25, -0.2) is 18.2 Å². The lowest BCUT2D eigenvalue weighted by atomic mass is 10.1. The number of benzene rings is 1. The minimum atomic E-state index is -3.80. The number of carbonyl (C=O) groups is 6. The molecule has 0 bridgehead atoms. The predicted octanol–water partition coefficient (Wildman–Crippen LogP) is -0.324. The molecule has 2 aliphatic heterocycles. The molecule has 17 nitrogen and oxygen atoms in total. The molecular weight excluding hydrogens is 654 g/mol. The zero-order valence-corrected chi connectivity index (χ0v) is 27.3. The van der Waals surface area contributed by atoms with Crippen LogP contribution in [0.2, 0.25) is 0 Å². The normalized spacial score (nSPS) is 15.7. The van der Waals surface area contributed by atoms with Crippen LogP contribution in [0, 0.1) is 0 Å². The Bertz CT molecular complexity index is 1670. The zero-order valence-electron chi connectivity index (χ0n) is 26.5. The summed E-state index contributed by atoms with van der Waals surface area (Å²) in [5, 5.41) is 11.4. The van der Waals surface area contributed by atoms with Gasteiger partial charge in [0.15, 0.2) is 16.4 Å². The molecule has 48 heavy (non-hydrogen) atoms. The van der Waals surface area contributed by atoms with Crippen LogP contribution in [-0.4, -0.2) is 146 Å². The maximum absolute atomic E-state index is 13.4. The van der Waals surface area contributed by atoms with Crippen LogP contribution in [0.4, 0.5) is 4.79 Å². The Morgan fingerprint density at radius 3 is 2.33 bits per heavy atom. The van der Waals surface area contributed by atoms with Crippen LogP contribution in [0.1, 0.15) is 30.3 Å². The second kappa shape index (κ2) is 15.7. The highest BCUT2D eigenvalue weighted by Crippen LogP contribution is 2.26. The van der Waals surface area contributed by atoms with E-state index in [2.05, 4.69) is 15.0 Å². The lowest BCUT2D eigenvalue weighted by molar-refractivity contribution is -0.139. The minimum absolute atomic E-state index is 0.115. The molecule has 260 valence electrons. The molecule has 2 aliphatic rings. The number of para-hydroxylation sites is 1. The largest absolute Gasteiger partial charge is 0.483 e. The third-order valence-corrected chi connectivity index (χ3v) is 9.84. The van der Waals surface area contributed by atoms with Crippen molar-refractivity contribution in [1.29, 1.82) is 0 Å². The summed E-state index contributed by atoms with van der Waals surface area (Å²) in [6, 6.07) is 6.74. The Morgan fingerprint density at radius 2 is 1.69 bits per heavy atom. The van der Waals surface area contributed by atoms with E-state index < -0.39 is 75.7 Å². The third-order valence-electron chi connectivity index (χ3n) is 7.88. The number of esters is 1. The van der Waals surface area contributed by atoms with Crippen molar-refractivity contribution < 1.29 is 56.5 Å². The Kier molecular flexibility index (Phi) is 11.7. The Balaban J connectivity index is 1.44. The molecule has 1 aromatic carbocycles. The second-order valence-electron chi connectivity index (χ2n) is 11.1. The van der Waals surface area contributed by atoms with Gasteiger partial charge in [0.1, 0.15) is 23.2 Å². The van der Waals surface area contributed by atoms with E-state index >= 15 is 0 Å². The molecule has 4 amide bonds. The van der Waals surface area contributed by atoms with Gasteiger partial charge in [-0.05, 0) is 25.5 Å². The van der Waals surface area contributed by atoms with Gasteiger partial charge in [-0.1, -0.05) is 12.1 Å². The van der Waals surface area contributed by atoms with Gasteiger partial charge in [0.25, 0.3) is 11.8 Å². The molecule has 18 heteroatoms. The number of nitrogens with zero attached hydrogens (tertiary/aromatic N) is 4. The number of carboxylic acid groups (broad SMARTS) is 1. The molecule has 4 rings (SSSR count). The second-order valence-corrected chi connectivity index (χ2v) is 13.4. The lowest BCUT2D eigenvalue weighted by Crippen LogP contribution is -2.58. The topological polar surface area (TPSA) is 219 Å². The van der Waals surface area contributed by atoms with Gasteiger partial charge in [0.05, 0.1) is 24.5 Å². The van der Waals surface area contributed by atoms with Crippen molar-refractivity contribution in [3.8, 4) is 5.75 Å². The molecule has 0 saturated carbocycles. The maximum atomic E-state index is 13.4. The average Bonchev–Trinajstić information content (AvgIpc) is 3.03. The molecular formula is C30H37N5O12S. The summed E-state index contributed by atoms with van der Waals surface area (Å²) >= 11 is 0. The average molecular weight is 692 g/mol. The van der Waals surface area contributed by atoms with Crippen molar-refractivity contribution >= 4 is 56.5 Å². The fraction of sp³-hybridized carbons (Fsp3) is 0.500. The Hall–Kier alpha value is -5.00. The first kappa shape index (κ1) is 35.8. The van der Waals surface area contributed by atoms with Gasteiger partial charge in [-0.15, -0.1) is 0 Å². The van der Waals surface area contributed by atoms with Crippen LogP contribution >= 0.6 is 0 Å². The Labute approximate surface area is 276 Å². The fourth-order valence-corrected chi connectivity index (χ4v) is 6.62. The number of carboxylic acids is 1. The molecule has 1 unspecified atom stereocenters. The number of hydrogen-bond acceptors (Lipinski definition) is 12. The van der Waals surface area contributed by atoms with E-state index in [1.807, 2.05) is 0 Å². The predicted molar refractivity (Wildman–Crippen MR) is 167 cm³/mol. The number of aliphatic carboxylic acids is 1. The van der Waals surface area contributed by atoms with E-state index in [-0.39, 0.29) is 63.7 Å². The van der Waals surface area contributed by atoms with Crippen LogP contribution < -0.4 is 10.1 Å². The quantitative estimate of drug-likeness (QED) is 0.258. The van der Waals surface area contributed by atoms with E-state index in [0.29, 0.717) is 10.9 Å². The highest BCUT2D eigenvalue weighted by molar-refractivity contribution is 7.92. The van der Waals surface area contributed by atoms with Crippen molar-refractivity contribution in [2.75, 3.05) is 65.3 Å². The van der Waals surface area contributed by atoms with Gasteiger partial charge < -0.3 is 39.3 Å². The number of methoxy groups -OCH3 is 1. The zero-order chi connectivity index (χ0) is 35.0. The van der Waals surface area contributed by atoms with Crippen molar-refractivity contribution in [3.05, 3.63) is 36.0 Å². The standard InChI is InChI=1S/C30H37N5O12S/c1-3-46-30(42)34-12-10-33(11-13-34)29(41)22(8-9-26(37)38)32-28(40)23-14-24(20-6-4-5-7-21(20)31-23)47-17-25(36)35-15-19(16-35)48(43,44)18-27(39)45-2/h4-7,14,19,22H,3,8-13,15-18H2,1-2H3,(H,32,40)(H,37,38). The number of hydrogen-bond donors (Lipinski definition) is 2. The van der Waals surface area contributed by atoms with Crippen LogP contribution in [0.3, 0.4) is 0 Å². The number of pyridine rings is 1. The van der Waals surface area contributed by atoms with Gasteiger partial charge in [-0.2, -0.15) is 0 Å². The smallest absolute Gasteiger partial charge is 0.409 e.